The largest absolute Gasteiger partial charge is 0.465 e. The normalized spacial score (nSPS) is 24.4. The van der Waals surface area contributed by atoms with Crippen LogP contribution in [0.4, 0.5) is 0 Å². The summed E-state index contributed by atoms with van der Waals surface area (Å²) in [5, 5.41) is 6.62. The molecule has 0 aliphatic carbocycles. The number of nitrogens with one attached hydrogen (secondary N) is 1. The minimum absolute atomic E-state index is 0.0242. The van der Waals surface area contributed by atoms with Crippen molar-refractivity contribution in [1.82, 2.24) is 0 Å². The molecule has 5 heteroatoms. The van der Waals surface area contributed by atoms with E-state index in [4.69, 9.17) is 11.1 Å². The third-order valence-corrected chi connectivity index (χ3v) is 2.12. The molecule has 1 heterocycles. The molecule has 1 atom stereocenters. The lowest BCUT2D eigenvalue weighted by atomic mass is 10.4. The fourth-order valence-corrected chi connectivity index (χ4v) is 1.42. The van der Waals surface area contributed by atoms with Gasteiger partial charge in [-0.3, -0.25) is 10.2 Å². The van der Waals surface area contributed by atoms with Crippen molar-refractivity contribution < 1.29 is 9.53 Å². The summed E-state index contributed by atoms with van der Waals surface area (Å²) in [7, 11) is 0. The summed E-state index contributed by atoms with van der Waals surface area (Å²) in [5.74, 6) is -0.250. The Morgan fingerprint density at radius 1 is 1.90 bits per heavy atom. The van der Waals surface area contributed by atoms with Crippen molar-refractivity contribution in [2.75, 3.05) is 6.61 Å². The van der Waals surface area contributed by atoms with Gasteiger partial charge >= 0.3 is 5.97 Å². The van der Waals surface area contributed by atoms with E-state index in [1.54, 1.807) is 0 Å². The number of nitrogens with two attached hydrogens (primary N) is 1. The molecule has 3 N–H and O–H groups in total. The van der Waals surface area contributed by atoms with Gasteiger partial charge in [-0.1, -0.05) is 11.8 Å². The van der Waals surface area contributed by atoms with Crippen LogP contribution in [0.15, 0.2) is 0 Å². The summed E-state index contributed by atoms with van der Waals surface area (Å²) in [4.78, 5) is 10.7. The van der Waals surface area contributed by atoms with E-state index in [1.165, 1.54) is 0 Å². The molecule has 1 fully saturated rings. The molecule has 10 heavy (non-hydrogen) atoms. The molecule has 0 amide bonds. The number of ether oxygens (including phenoxy) is 1. The molecule has 0 spiro atoms. The van der Waals surface area contributed by atoms with Crippen LogP contribution in [-0.4, -0.2) is 23.0 Å². The van der Waals surface area contributed by atoms with Crippen LogP contribution in [0.3, 0.4) is 0 Å². The minimum atomic E-state index is -0.250. The SMILES string of the molecule is N=C(N)SC1CCOC1=O. The van der Waals surface area contributed by atoms with Gasteiger partial charge in [-0.25, -0.2) is 0 Å². The lowest BCUT2D eigenvalue weighted by Crippen LogP contribution is -2.16. The van der Waals surface area contributed by atoms with Crippen LogP contribution in [0.2, 0.25) is 0 Å². The maximum atomic E-state index is 10.7. The zero-order valence-electron chi connectivity index (χ0n) is 5.29. The van der Waals surface area contributed by atoms with Gasteiger partial charge in [0.2, 0.25) is 0 Å². The van der Waals surface area contributed by atoms with Crippen molar-refractivity contribution in [2.45, 2.75) is 11.7 Å². The molecule has 1 unspecified atom stereocenters. The van der Waals surface area contributed by atoms with E-state index in [-0.39, 0.29) is 16.4 Å². The molecule has 56 valence electrons. The Kier molecular flexibility index (Phi) is 2.16. The first-order valence-corrected chi connectivity index (χ1v) is 3.75. The van der Waals surface area contributed by atoms with Crippen molar-refractivity contribution in [3.63, 3.8) is 0 Å². The van der Waals surface area contributed by atoms with Gasteiger partial charge in [0, 0.05) is 6.42 Å². The molecule has 1 aliphatic rings. The van der Waals surface area contributed by atoms with Crippen molar-refractivity contribution in [1.29, 1.82) is 5.41 Å². The molecule has 0 saturated carbocycles. The lowest BCUT2D eigenvalue weighted by Gasteiger charge is -2.00. The van der Waals surface area contributed by atoms with E-state index in [0.717, 1.165) is 11.8 Å². The van der Waals surface area contributed by atoms with Crippen LogP contribution in [0.5, 0.6) is 0 Å². The second-order valence-electron chi connectivity index (χ2n) is 1.93. The highest BCUT2D eigenvalue weighted by Gasteiger charge is 2.27. The highest BCUT2D eigenvalue weighted by molar-refractivity contribution is 8.14. The Labute approximate surface area is 62.6 Å². The molecule has 0 aromatic rings. The number of cyclic esters (lactones) is 1. The monoisotopic (exact) mass is 160 g/mol. The Morgan fingerprint density at radius 2 is 2.60 bits per heavy atom. The van der Waals surface area contributed by atoms with Gasteiger partial charge in [-0.15, -0.1) is 0 Å². The second-order valence-corrected chi connectivity index (χ2v) is 3.17. The zero-order valence-corrected chi connectivity index (χ0v) is 6.11. The maximum Gasteiger partial charge on any atom is 0.319 e. The number of carbonyl (C=O) groups excluding carboxylic acids is 1. The predicted molar refractivity (Wildman–Crippen MR) is 38.9 cm³/mol. The van der Waals surface area contributed by atoms with E-state index < -0.39 is 0 Å². The van der Waals surface area contributed by atoms with Crippen molar-refractivity contribution in [3.8, 4) is 0 Å². The Balaban J connectivity index is 2.40. The summed E-state index contributed by atoms with van der Waals surface area (Å²) >= 11 is 1.06. The Hall–Kier alpha value is -0.710. The third-order valence-electron chi connectivity index (χ3n) is 1.16. The molecule has 0 radical (unpaired) electrons. The molecular formula is C5H8N2O2S. The van der Waals surface area contributed by atoms with E-state index in [2.05, 4.69) is 4.74 Å². The predicted octanol–water partition coefficient (Wildman–Crippen LogP) is -0.0714. The van der Waals surface area contributed by atoms with Crippen LogP contribution in [0.1, 0.15) is 6.42 Å². The van der Waals surface area contributed by atoms with Gasteiger partial charge in [0.05, 0.1) is 6.61 Å². The number of carbonyl (C=O) groups is 1. The van der Waals surface area contributed by atoms with Crippen LogP contribution in [0, 0.1) is 5.41 Å². The first-order chi connectivity index (χ1) is 4.70. The molecule has 1 saturated heterocycles. The van der Waals surface area contributed by atoms with Crippen LogP contribution in [-0.2, 0) is 9.53 Å². The Morgan fingerprint density at radius 3 is 3.00 bits per heavy atom. The first kappa shape index (κ1) is 7.40. The molecule has 1 aliphatic heterocycles. The highest BCUT2D eigenvalue weighted by Crippen LogP contribution is 2.20. The minimum Gasteiger partial charge on any atom is -0.465 e. The smallest absolute Gasteiger partial charge is 0.319 e. The average molecular weight is 160 g/mol. The lowest BCUT2D eigenvalue weighted by molar-refractivity contribution is -0.137. The van der Waals surface area contributed by atoms with Gasteiger partial charge in [-0.2, -0.15) is 0 Å². The Bertz CT molecular complexity index is 171. The molecule has 4 nitrogen and oxygen atoms in total. The van der Waals surface area contributed by atoms with Crippen molar-refractivity contribution >= 4 is 22.9 Å². The van der Waals surface area contributed by atoms with Crippen LogP contribution in [0.25, 0.3) is 0 Å². The summed E-state index contributed by atoms with van der Waals surface area (Å²) in [6, 6.07) is 0. The fourth-order valence-electron chi connectivity index (χ4n) is 0.738. The number of esters is 1. The number of thioether (sulfide) groups is 1. The molecule has 0 aromatic heterocycles. The number of hydrogen-bond donors (Lipinski definition) is 2. The first-order valence-electron chi connectivity index (χ1n) is 2.87. The maximum absolute atomic E-state index is 10.7. The number of amidine groups is 1. The quantitative estimate of drug-likeness (QED) is 0.320. The van der Waals surface area contributed by atoms with E-state index in [0.29, 0.717) is 13.0 Å². The van der Waals surface area contributed by atoms with Gasteiger partial charge in [-0.05, 0) is 0 Å². The van der Waals surface area contributed by atoms with E-state index >= 15 is 0 Å². The standard InChI is InChI=1S/C5H8N2O2S/c6-5(7)10-3-1-2-9-4(3)8/h3H,1-2H2,(H3,6,7). The molecule has 1 rings (SSSR count). The number of hydrogen-bond acceptors (Lipinski definition) is 4. The van der Waals surface area contributed by atoms with E-state index in [1.807, 2.05) is 0 Å². The molecular weight excluding hydrogens is 152 g/mol. The van der Waals surface area contributed by atoms with Crippen molar-refractivity contribution in [2.24, 2.45) is 5.73 Å². The third kappa shape index (κ3) is 1.63. The second kappa shape index (κ2) is 2.92. The van der Waals surface area contributed by atoms with Gasteiger partial charge < -0.3 is 10.5 Å². The van der Waals surface area contributed by atoms with Crippen LogP contribution < -0.4 is 5.73 Å². The van der Waals surface area contributed by atoms with E-state index in [9.17, 15) is 4.79 Å². The molecule has 0 aromatic carbocycles. The number of rotatable bonds is 1. The van der Waals surface area contributed by atoms with Gasteiger partial charge in [0.15, 0.2) is 5.17 Å². The topological polar surface area (TPSA) is 76.2 Å². The van der Waals surface area contributed by atoms with Gasteiger partial charge in [0.1, 0.15) is 5.25 Å². The van der Waals surface area contributed by atoms with Gasteiger partial charge in [0.25, 0.3) is 0 Å². The highest BCUT2D eigenvalue weighted by atomic mass is 32.2. The molecule has 0 bridgehead atoms. The summed E-state index contributed by atoms with van der Waals surface area (Å²) in [6.07, 6.45) is 0.670. The van der Waals surface area contributed by atoms with Crippen LogP contribution >= 0.6 is 11.8 Å². The summed E-state index contributed by atoms with van der Waals surface area (Å²) in [5.41, 5.74) is 5.07. The van der Waals surface area contributed by atoms with Crippen molar-refractivity contribution in [3.05, 3.63) is 0 Å². The fraction of sp³-hybridized carbons (Fsp3) is 0.600. The average Bonchev–Trinajstić information content (AvgIpc) is 2.15. The summed E-state index contributed by atoms with van der Waals surface area (Å²) < 4.78 is 4.65. The summed E-state index contributed by atoms with van der Waals surface area (Å²) in [6.45, 7) is 0.462. The zero-order chi connectivity index (χ0) is 7.56.